The van der Waals surface area contributed by atoms with E-state index in [0.29, 0.717) is 12.6 Å². The number of ether oxygens (including phenoxy) is 1. The smallest absolute Gasteiger partial charge is 0.124 e. The number of para-hydroxylation sites is 1. The Balaban J connectivity index is 1.60. The molecule has 0 radical (unpaired) electrons. The van der Waals surface area contributed by atoms with Gasteiger partial charge in [-0.3, -0.25) is 0 Å². The molecule has 1 fully saturated rings. The Hall–Kier alpha value is -1.45. The van der Waals surface area contributed by atoms with Crippen molar-refractivity contribution in [1.29, 1.82) is 0 Å². The van der Waals surface area contributed by atoms with Gasteiger partial charge in [0, 0.05) is 29.7 Å². The van der Waals surface area contributed by atoms with Crippen molar-refractivity contribution < 1.29 is 4.74 Å². The van der Waals surface area contributed by atoms with Gasteiger partial charge in [0.1, 0.15) is 12.4 Å². The van der Waals surface area contributed by atoms with Gasteiger partial charge in [0.15, 0.2) is 0 Å². The number of hydrogen-bond donors (Lipinski definition) is 1. The molecule has 0 spiro atoms. The van der Waals surface area contributed by atoms with Gasteiger partial charge in [-0.15, -0.1) is 0 Å². The molecule has 0 unspecified atom stereocenters. The van der Waals surface area contributed by atoms with Crippen LogP contribution in [0.15, 0.2) is 54.6 Å². The second-order valence-corrected chi connectivity index (χ2v) is 6.07. The summed E-state index contributed by atoms with van der Waals surface area (Å²) in [5.74, 6) is 3.44. The molecule has 2 aromatic carbocycles. The highest BCUT2D eigenvalue weighted by molar-refractivity contribution is 8.00. The molecule has 0 amide bonds. The van der Waals surface area contributed by atoms with Crippen molar-refractivity contribution >= 4 is 11.8 Å². The van der Waals surface area contributed by atoms with Crippen molar-refractivity contribution in [1.82, 2.24) is 5.32 Å². The zero-order chi connectivity index (χ0) is 13.6. The number of hydrogen-bond acceptors (Lipinski definition) is 3. The lowest BCUT2D eigenvalue weighted by molar-refractivity contribution is 0.302. The van der Waals surface area contributed by atoms with Gasteiger partial charge in [-0.25, -0.2) is 0 Å². The largest absolute Gasteiger partial charge is 0.489 e. The molecule has 3 heteroatoms. The fourth-order valence-electron chi connectivity index (χ4n) is 2.13. The summed E-state index contributed by atoms with van der Waals surface area (Å²) >= 11 is 2.00. The van der Waals surface area contributed by atoms with Gasteiger partial charge in [-0.2, -0.15) is 11.8 Å². The first-order valence-electron chi connectivity index (χ1n) is 6.97. The van der Waals surface area contributed by atoms with E-state index in [1.807, 2.05) is 36.0 Å². The molecule has 0 aliphatic carbocycles. The third kappa shape index (κ3) is 3.56. The quantitative estimate of drug-likeness (QED) is 0.878. The fourth-order valence-corrected chi connectivity index (χ4v) is 2.84. The van der Waals surface area contributed by atoms with Gasteiger partial charge >= 0.3 is 0 Å². The van der Waals surface area contributed by atoms with Crippen molar-refractivity contribution in [2.75, 3.05) is 11.5 Å². The lowest BCUT2D eigenvalue weighted by Crippen LogP contribution is -2.39. The molecule has 1 heterocycles. The number of benzene rings is 2. The Morgan fingerprint density at radius 3 is 2.50 bits per heavy atom. The highest BCUT2D eigenvalue weighted by Gasteiger charge is 2.17. The molecule has 2 nitrogen and oxygen atoms in total. The second kappa shape index (κ2) is 6.82. The predicted molar refractivity (Wildman–Crippen MR) is 85.2 cm³/mol. The summed E-state index contributed by atoms with van der Waals surface area (Å²) in [6.07, 6.45) is 0. The Morgan fingerprint density at radius 1 is 1.00 bits per heavy atom. The average molecular weight is 285 g/mol. The predicted octanol–water partition coefficient (Wildman–Crippen LogP) is 3.47. The van der Waals surface area contributed by atoms with Crippen LogP contribution < -0.4 is 10.1 Å². The van der Waals surface area contributed by atoms with Gasteiger partial charge in [-0.1, -0.05) is 48.5 Å². The molecule has 0 bridgehead atoms. The molecule has 0 aromatic heterocycles. The minimum absolute atomic E-state index is 0.622. The van der Waals surface area contributed by atoms with Crippen molar-refractivity contribution in [2.24, 2.45) is 0 Å². The molecule has 2 aromatic rings. The zero-order valence-electron chi connectivity index (χ0n) is 11.4. The highest BCUT2D eigenvalue weighted by Crippen LogP contribution is 2.22. The van der Waals surface area contributed by atoms with Crippen molar-refractivity contribution in [3.8, 4) is 5.75 Å². The van der Waals surface area contributed by atoms with E-state index in [9.17, 15) is 0 Å². The maximum absolute atomic E-state index is 5.96. The van der Waals surface area contributed by atoms with Crippen LogP contribution in [-0.2, 0) is 13.2 Å². The maximum atomic E-state index is 5.96. The first-order valence-corrected chi connectivity index (χ1v) is 8.13. The Bertz CT molecular complexity index is 540. The van der Waals surface area contributed by atoms with E-state index in [2.05, 4.69) is 35.6 Å². The molecule has 1 N–H and O–H groups in total. The lowest BCUT2D eigenvalue weighted by Gasteiger charge is -2.26. The summed E-state index contributed by atoms with van der Waals surface area (Å²) in [6, 6.07) is 19.2. The second-order valence-electron chi connectivity index (χ2n) is 5.00. The van der Waals surface area contributed by atoms with Crippen molar-refractivity contribution in [3.05, 3.63) is 65.7 Å². The first-order chi connectivity index (χ1) is 9.92. The SMILES string of the molecule is c1ccc(COc2ccccc2CNC2CSC2)cc1. The van der Waals surface area contributed by atoms with Crippen LogP contribution in [0.5, 0.6) is 5.75 Å². The van der Waals surface area contributed by atoms with Gasteiger partial charge in [-0.05, 0) is 11.6 Å². The number of thioether (sulfide) groups is 1. The van der Waals surface area contributed by atoms with E-state index in [1.165, 1.54) is 22.6 Å². The molecule has 20 heavy (non-hydrogen) atoms. The van der Waals surface area contributed by atoms with E-state index in [1.54, 1.807) is 0 Å². The molecule has 3 rings (SSSR count). The van der Waals surface area contributed by atoms with Gasteiger partial charge < -0.3 is 10.1 Å². The molecule has 0 atom stereocenters. The topological polar surface area (TPSA) is 21.3 Å². The molecule has 0 saturated carbocycles. The molecule has 1 saturated heterocycles. The Kier molecular flexibility index (Phi) is 4.61. The van der Waals surface area contributed by atoms with E-state index in [-0.39, 0.29) is 0 Å². The molecule has 1 aliphatic rings. The van der Waals surface area contributed by atoms with Crippen LogP contribution in [0.3, 0.4) is 0 Å². The van der Waals surface area contributed by atoms with Crippen LogP contribution in [0.2, 0.25) is 0 Å². The van der Waals surface area contributed by atoms with Crippen molar-refractivity contribution in [3.63, 3.8) is 0 Å². The maximum Gasteiger partial charge on any atom is 0.124 e. The molecular weight excluding hydrogens is 266 g/mol. The zero-order valence-corrected chi connectivity index (χ0v) is 12.2. The van der Waals surface area contributed by atoms with Crippen LogP contribution in [0.1, 0.15) is 11.1 Å². The summed E-state index contributed by atoms with van der Waals surface area (Å²) in [7, 11) is 0. The minimum atomic E-state index is 0.622. The normalized spacial score (nSPS) is 14.8. The van der Waals surface area contributed by atoms with Crippen LogP contribution in [0, 0.1) is 0 Å². The van der Waals surface area contributed by atoms with E-state index < -0.39 is 0 Å². The Labute approximate surface area is 124 Å². The van der Waals surface area contributed by atoms with Crippen LogP contribution >= 0.6 is 11.8 Å². The van der Waals surface area contributed by atoms with Gasteiger partial charge in [0.05, 0.1) is 0 Å². The molecular formula is C17H19NOS. The van der Waals surface area contributed by atoms with Crippen LogP contribution in [-0.4, -0.2) is 17.5 Å². The minimum Gasteiger partial charge on any atom is -0.489 e. The number of rotatable bonds is 6. The number of nitrogens with one attached hydrogen (secondary N) is 1. The third-order valence-electron chi connectivity index (χ3n) is 3.43. The summed E-state index contributed by atoms with van der Waals surface area (Å²) in [5.41, 5.74) is 2.44. The summed E-state index contributed by atoms with van der Waals surface area (Å²) in [5, 5.41) is 3.57. The monoisotopic (exact) mass is 285 g/mol. The highest BCUT2D eigenvalue weighted by atomic mass is 32.2. The van der Waals surface area contributed by atoms with Crippen LogP contribution in [0.25, 0.3) is 0 Å². The summed E-state index contributed by atoms with van der Waals surface area (Å²) in [6.45, 7) is 1.51. The van der Waals surface area contributed by atoms with Crippen LogP contribution in [0.4, 0.5) is 0 Å². The third-order valence-corrected chi connectivity index (χ3v) is 4.71. The average Bonchev–Trinajstić information content (AvgIpc) is 2.46. The summed E-state index contributed by atoms with van der Waals surface area (Å²) < 4.78 is 5.96. The lowest BCUT2D eigenvalue weighted by atomic mass is 10.2. The van der Waals surface area contributed by atoms with Gasteiger partial charge in [0.25, 0.3) is 0 Å². The van der Waals surface area contributed by atoms with Gasteiger partial charge in [0.2, 0.25) is 0 Å². The van der Waals surface area contributed by atoms with E-state index in [0.717, 1.165) is 12.3 Å². The first kappa shape index (κ1) is 13.5. The van der Waals surface area contributed by atoms with E-state index in [4.69, 9.17) is 4.74 Å². The molecule has 1 aliphatic heterocycles. The van der Waals surface area contributed by atoms with Crippen molar-refractivity contribution in [2.45, 2.75) is 19.2 Å². The van der Waals surface area contributed by atoms with E-state index >= 15 is 0 Å². The molecule has 104 valence electrons. The fraction of sp³-hybridized carbons (Fsp3) is 0.294. The standard InChI is InChI=1S/C17H19NOS/c1-2-6-14(7-3-1)11-19-17-9-5-4-8-15(17)10-18-16-12-20-13-16/h1-9,16,18H,10-13H2. The Morgan fingerprint density at radius 2 is 1.75 bits per heavy atom. The summed E-state index contributed by atoms with van der Waals surface area (Å²) in [4.78, 5) is 0.